The molecule has 0 saturated heterocycles. The maximum Gasteiger partial charge on any atom is 0.188 e. The molecular formula is C26H20BrNO2. The van der Waals surface area contributed by atoms with E-state index in [-0.39, 0.29) is 5.78 Å². The van der Waals surface area contributed by atoms with E-state index in [1.165, 1.54) is 0 Å². The van der Waals surface area contributed by atoms with Crippen LogP contribution in [-0.4, -0.2) is 17.9 Å². The van der Waals surface area contributed by atoms with E-state index >= 15 is 0 Å². The quantitative estimate of drug-likeness (QED) is 0.242. The van der Waals surface area contributed by atoms with E-state index in [2.05, 4.69) is 15.9 Å². The number of ether oxygens (including phenoxy) is 1. The first-order valence-corrected chi connectivity index (χ1v) is 10.4. The lowest BCUT2D eigenvalue weighted by atomic mass is 9.92. The molecule has 0 spiro atoms. The van der Waals surface area contributed by atoms with Crippen molar-refractivity contribution < 1.29 is 9.53 Å². The Bertz CT molecular complexity index is 1260. The summed E-state index contributed by atoms with van der Waals surface area (Å²) >= 11 is 3.56. The molecule has 0 fully saturated rings. The minimum absolute atomic E-state index is 0.0911. The van der Waals surface area contributed by atoms with Crippen LogP contribution in [0, 0.1) is 6.92 Å². The zero-order valence-electron chi connectivity index (χ0n) is 16.7. The minimum atomic E-state index is -0.0911. The van der Waals surface area contributed by atoms with Crippen LogP contribution in [0.1, 0.15) is 21.6 Å². The molecule has 1 heterocycles. The summed E-state index contributed by atoms with van der Waals surface area (Å²) in [5.74, 6) is 0.633. The van der Waals surface area contributed by atoms with Crippen molar-refractivity contribution in [3.63, 3.8) is 0 Å². The van der Waals surface area contributed by atoms with Crippen LogP contribution in [0.25, 0.3) is 28.1 Å². The normalized spacial score (nSPS) is 11.2. The molecule has 0 saturated carbocycles. The van der Waals surface area contributed by atoms with Gasteiger partial charge in [0.2, 0.25) is 0 Å². The van der Waals surface area contributed by atoms with Gasteiger partial charge in [0, 0.05) is 26.7 Å². The van der Waals surface area contributed by atoms with E-state index in [4.69, 9.17) is 9.72 Å². The number of rotatable bonds is 5. The standard InChI is InChI=1S/C26H20BrNO2/c1-17-25(23(29)15-12-18-8-6-7-11-24(18)30-2)26(19-9-4-3-5-10-19)21-16-20(27)13-14-22(21)28-17/h3-16H,1-2H3. The average Bonchev–Trinajstić information content (AvgIpc) is 2.77. The van der Waals surface area contributed by atoms with Crippen molar-refractivity contribution in [3.8, 4) is 16.9 Å². The third kappa shape index (κ3) is 3.91. The lowest BCUT2D eigenvalue weighted by molar-refractivity contribution is 0.104. The largest absolute Gasteiger partial charge is 0.496 e. The van der Waals surface area contributed by atoms with Crippen LogP contribution in [0.2, 0.25) is 0 Å². The molecule has 0 aliphatic rings. The van der Waals surface area contributed by atoms with Crippen LogP contribution in [0.3, 0.4) is 0 Å². The predicted molar refractivity (Wildman–Crippen MR) is 126 cm³/mol. The van der Waals surface area contributed by atoms with Gasteiger partial charge in [0.05, 0.1) is 18.2 Å². The van der Waals surface area contributed by atoms with Crippen LogP contribution in [0.4, 0.5) is 0 Å². The molecule has 4 heteroatoms. The molecule has 0 unspecified atom stereocenters. The van der Waals surface area contributed by atoms with Gasteiger partial charge in [-0.2, -0.15) is 0 Å². The van der Waals surface area contributed by atoms with Gasteiger partial charge < -0.3 is 4.74 Å². The number of ketones is 1. The van der Waals surface area contributed by atoms with E-state index < -0.39 is 0 Å². The third-order valence-electron chi connectivity index (χ3n) is 4.99. The highest BCUT2D eigenvalue weighted by molar-refractivity contribution is 9.10. The number of hydrogen-bond acceptors (Lipinski definition) is 3. The number of pyridine rings is 1. The topological polar surface area (TPSA) is 39.2 Å². The molecule has 4 rings (SSSR count). The van der Waals surface area contributed by atoms with Crippen LogP contribution in [0.15, 0.2) is 83.3 Å². The maximum absolute atomic E-state index is 13.4. The summed E-state index contributed by atoms with van der Waals surface area (Å²) in [5, 5.41) is 0.940. The van der Waals surface area contributed by atoms with E-state index in [1.807, 2.05) is 79.7 Å². The van der Waals surface area contributed by atoms with E-state index in [9.17, 15) is 4.79 Å². The number of carbonyl (C=O) groups is 1. The molecule has 0 aliphatic carbocycles. The van der Waals surface area contributed by atoms with Crippen molar-refractivity contribution in [1.29, 1.82) is 0 Å². The van der Waals surface area contributed by atoms with Gasteiger partial charge in [-0.1, -0.05) is 64.5 Å². The number of carbonyl (C=O) groups excluding carboxylic acids is 1. The fourth-order valence-corrected chi connectivity index (χ4v) is 3.98. The molecule has 30 heavy (non-hydrogen) atoms. The predicted octanol–water partition coefficient (Wildman–Crippen LogP) is 6.88. The van der Waals surface area contributed by atoms with E-state index in [0.717, 1.165) is 37.8 Å². The van der Waals surface area contributed by atoms with Gasteiger partial charge in [-0.3, -0.25) is 9.78 Å². The fraction of sp³-hybridized carbons (Fsp3) is 0.0769. The zero-order valence-corrected chi connectivity index (χ0v) is 18.3. The number of benzene rings is 3. The van der Waals surface area contributed by atoms with Crippen molar-refractivity contribution in [3.05, 3.63) is 100 Å². The van der Waals surface area contributed by atoms with Gasteiger partial charge in [-0.25, -0.2) is 0 Å². The van der Waals surface area contributed by atoms with Gasteiger partial charge in [-0.15, -0.1) is 0 Å². The summed E-state index contributed by atoms with van der Waals surface area (Å²) in [7, 11) is 1.62. The Labute approximate surface area is 184 Å². The molecule has 0 aliphatic heterocycles. The Balaban J connectivity index is 1.91. The smallest absolute Gasteiger partial charge is 0.188 e. The molecule has 4 aromatic rings. The first-order valence-electron chi connectivity index (χ1n) is 9.59. The number of nitrogens with zero attached hydrogens (tertiary/aromatic N) is 1. The number of aromatic nitrogens is 1. The summed E-state index contributed by atoms with van der Waals surface area (Å²) in [4.78, 5) is 18.1. The first kappa shape index (κ1) is 20.0. The molecular weight excluding hydrogens is 438 g/mol. The second-order valence-electron chi connectivity index (χ2n) is 6.91. The highest BCUT2D eigenvalue weighted by Gasteiger charge is 2.19. The molecule has 1 aromatic heterocycles. The van der Waals surface area contributed by atoms with Gasteiger partial charge >= 0.3 is 0 Å². The van der Waals surface area contributed by atoms with Crippen molar-refractivity contribution in [2.45, 2.75) is 6.92 Å². The molecule has 3 nitrogen and oxygen atoms in total. The van der Waals surface area contributed by atoms with Crippen LogP contribution in [-0.2, 0) is 0 Å². The summed E-state index contributed by atoms with van der Waals surface area (Å²) < 4.78 is 6.34. The first-order chi connectivity index (χ1) is 14.6. The monoisotopic (exact) mass is 457 g/mol. The number of para-hydroxylation sites is 1. The molecule has 0 amide bonds. The number of aryl methyl sites for hydroxylation is 1. The number of halogens is 1. The van der Waals surface area contributed by atoms with E-state index in [0.29, 0.717) is 11.3 Å². The van der Waals surface area contributed by atoms with E-state index in [1.54, 1.807) is 19.3 Å². The van der Waals surface area contributed by atoms with Crippen LogP contribution in [0.5, 0.6) is 5.75 Å². The van der Waals surface area contributed by atoms with Crippen LogP contribution < -0.4 is 4.74 Å². The van der Waals surface area contributed by atoms with Crippen molar-refractivity contribution in [1.82, 2.24) is 4.98 Å². The summed E-state index contributed by atoms with van der Waals surface area (Å²) in [5.41, 5.74) is 4.91. The molecule has 3 aromatic carbocycles. The Kier molecular flexibility index (Phi) is 5.77. The summed E-state index contributed by atoms with van der Waals surface area (Å²) in [6, 6.07) is 23.5. The van der Waals surface area contributed by atoms with Gasteiger partial charge in [0.15, 0.2) is 5.78 Å². The summed E-state index contributed by atoms with van der Waals surface area (Å²) in [6.07, 6.45) is 3.39. The molecule has 0 N–H and O–H groups in total. The second kappa shape index (κ2) is 8.64. The Morgan fingerprint density at radius 2 is 1.73 bits per heavy atom. The number of hydrogen-bond donors (Lipinski definition) is 0. The molecule has 0 atom stereocenters. The average molecular weight is 458 g/mol. The lowest BCUT2D eigenvalue weighted by Gasteiger charge is -2.14. The third-order valence-corrected chi connectivity index (χ3v) is 5.48. The summed E-state index contributed by atoms with van der Waals surface area (Å²) in [6.45, 7) is 1.89. The van der Waals surface area contributed by atoms with Gasteiger partial charge in [-0.05, 0) is 48.9 Å². The number of methoxy groups -OCH3 is 1. The van der Waals surface area contributed by atoms with Gasteiger partial charge in [0.1, 0.15) is 5.75 Å². The highest BCUT2D eigenvalue weighted by Crippen LogP contribution is 2.35. The maximum atomic E-state index is 13.4. The fourth-order valence-electron chi connectivity index (χ4n) is 3.62. The van der Waals surface area contributed by atoms with Crippen LogP contribution >= 0.6 is 15.9 Å². The Hall–Kier alpha value is -3.24. The second-order valence-corrected chi connectivity index (χ2v) is 7.83. The lowest BCUT2D eigenvalue weighted by Crippen LogP contribution is -2.05. The molecule has 0 bridgehead atoms. The number of fused-ring (bicyclic) bond motifs is 1. The van der Waals surface area contributed by atoms with Gasteiger partial charge in [0.25, 0.3) is 0 Å². The zero-order chi connectivity index (χ0) is 21.1. The number of allylic oxidation sites excluding steroid dienone is 1. The SMILES string of the molecule is COc1ccccc1C=CC(=O)c1c(C)nc2ccc(Br)cc2c1-c1ccccc1. The van der Waals surface area contributed by atoms with Crippen molar-refractivity contribution >= 4 is 38.7 Å². The molecule has 148 valence electrons. The van der Waals surface area contributed by atoms with Crippen molar-refractivity contribution in [2.75, 3.05) is 7.11 Å². The minimum Gasteiger partial charge on any atom is -0.496 e. The Morgan fingerprint density at radius 1 is 1.00 bits per heavy atom. The molecule has 0 radical (unpaired) electrons. The van der Waals surface area contributed by atoms with Crippen molar-refractivity contribution in [2.24, 2.45) is 0 Å². The highest BCUT2D eigenvalue weighted by atomic mass is 79.9. The Morgan fingerprint density at radius 3 is 2.50 bits per heavy atom.